The molecule has 15 heavy (non-hydrogen) atoms. The second kappa shape index (κ2) is 4.79. The molecule has 1 unspecified atom stereocenters. The van der Waals surface area contributed by atoms with E-state index in [-0.39, 0.29) is 12.0 Å². The molecule has 0 aromatic carbocycles. The van der Waals surface area contributed by atoms with Crippen LogP contribution < -0.4 is 0 Å². The maximum Gasteiger partial charge on any atom is 0.0631 e. The quantitative estimate of drug-likeness (QED) is 0.810. The fourth-order valence-electron chi connectivity index (χ4n) is 1.49. The molecule has 3 heteroatoms. The van der Waals surface area contributed by atoms with Crippen LogP contribution in [-0.4, -0.2) is 21.5 Å². The van der Waals surface area contributed by atoms with Gasteiger partial charge in [-0.3, -0.25) is 4.68 Å². The van der Waals surface area contributed by atoms with Gasteiger partial charge < -0.3 is 5.11 Å². The Morgan fingerprint density at radius 3 is 2.60 bits per heavy atom. The zero-order valence-electron chi connectivity index (χ0n) is 10.2. The van der Waals surface area contributed by atoms with E-state index in [0.29, 0.717) is 6.04 Å². The van der Waals surface area contributed by atoms with Crippen molar-refractivity contribution in [3.8, 4) is 0 Å². The Labute approximate surface area is 92.1 Å². The number of aliphatic hydroxyl groups excluding tert-OH is 1. The van der Waals surface area contributed by atoms with Crippen molar-refractivity contribution in [2.45, 2.75) is 46.6 Å². The molecule has 1 atom stereocenters. The largest absolute Gasteiger partial charge is 0.396 e. The van der Waals surface area contributed by atoms with Crippen LogP contribution in [0.25, 0.3) is 0 Å². The average Bonchev–Trinajstić information content (AvgIpc) is 2.66. The van der Waals surface area contributed by atoms with Crippen molar-refractivity contribution >= 4 is 0 Å². The van der Waals surface area contributed by atoms with Gasteiger partial charge in [0, 0.05) is 18.8 Å². The van der Waals surface area contributed by atoms with Gasteiger partial charge in [-0.2, -0.15) is 5.10 Å². The van der Waals surface area contributed by atoms with Gasteiger partial charge in [-0.1, -0.05) is 13.8 Å². The molecule has 86 valence electrons. The number of aromatic nitrogens is 2. The minimum atomic E-state index is -0.0316. The summed E-state index contributed by atoms with van der Waals surface area (Å²) in [6.07, 6.45) is 3.82. The van der Waals surface area contributed by atoms with E-state index in [1.165, 1.54) is 0 Å². The van der Waals surface area contributed by atoms with Gasteiger partial charge in [-0.25, -0.2) is 0 Å². The first-order valence-electron chi connectivity index (χ1n) is 5.65. The second-order valence-corrected chi connectivity index (χ2v) is 4.88. The van der Waals surface area contributed by atoms with Crippen LogP contribution in [0, 0.1) is 5.41 Å². The van der Waals surface area contributed by atoms with Gasteiger partial charge in [-0.15, -0.1) is 0 Å². The Balaban J connectivity index is 2.72. The monoisotopic (exact) mass is 210 g/mol. The van der Waals surface area contributed by atoms with Crippen molar-refractivity contribution in [2.24, 2.45) is 5.41 Å². The Bertz CT molecular complexity index is 300. The van der Waals surface area contributed by atoms with Crippen molar-refractivity contribution in [1.82, 2.24) is 9.78 Å². The summed E-state index contributed by atoms with van der Waals surface area (Å²) in [6, 6.07) is 2.45. The molecule has 0 amide bonds. The van der Waals surface area contributed by atoms with Gasteiger partial charge in [0.1, 0.15) is 0 Å². The molecular formula is C12H22N2O. The molecule has 1 aromatic heterocycles. The summed E-state index contributed by atoms with van der Waals surface area (Å²) >= 11 is 0. The molecule has 0 fully saturated rings. The highest BCUT2D eigenvalue weighted by atomic mass is 16.3. The lowest BCUT2D eigenvalue weighted by atomic mass is 9.84. The minimum Gasteiger partial charge on any atom is -0.396 e. The molecular weight excluding hydrogens is 188 g/mol. The molecule has 0 aliphatic rings. The van der Waals surface area contributed by atoms with E-state index >= 15 is 0 Å². The lowest BCUT2D eigenvalue weighted by Gasteiger charge is -2.24. The van der Waals surface area contributed by atoms with Crippen LogP contribution >= 0.6 is 0 Å². The summed E-state index contributed by atoms with van der Waals surface area (Å²) in [5, 5.41) is 13.8. The standard InChI is InChI=1S/C12H22N2O/c1-5-12(4,9-15)8-11-6-7-14(13-11)10(2)3/h6-7,10,15H,5,8-9H2,1-4H3. The summed E-state index contributed by atoms with van der Waals surface area (Å²) in [7, 11) is 0. The van der Waals surface area contributed by atoms with Crippen molar-refractivity contribution in [2.75, 3.05) is 6.61 Å². The summed E-state index contributed by atoms with van der Waals surface area (Å²) in [5.74, 6) is 0. The van der Waals surface area contributed by atoms with Crippen molar-refractivity contribution in [1.29, 1.82) is 0 Å². The highest BCUT2D eigenvalue weighted by molar-refractivity contribution is 5.03. The van der Waals surface area contributed by atoms with E-state index in [2.05, 4.69) is 32.8 Å². The maximum absolute atomic E-state index is 9.33. The summed E-state index contributed by atoms with van der Waals surface area (Å²) < 4.78 is 1.96. The van der Waals surface area contributed by atoms with Crippen LogP contribution in [0.4, 0.5) is 0 Å². The van der Waals surface area contributed by atoms with Gasteiger partial charge in [0.15, 0.2) is 0 Å². The van der Waals surface area contributed by atoms with Crippen molar-refractivity contribution in [3.05, 3.63) is 18.0 Å². The minimum absolute atomic E-state index is 0.0316. The zero-order valence-corrected chi connectivity index (χ0v) is 10.2. The average molecular weight is 210 g/mol. The molecule has 0 spiro atoms. The lowest BCUT2D eigenvalue weighted by molar-refractivity contribution is 0.136. The van der Waals surface area contributed by atoms with E-state index in [0.717, 1.165) is 18.5 Å². The van der Waals surface area contributed by atoms with E-state index in [1.807, 2.05) is 16.9 Å². The van der Waals surface area contributed by atoms with Crippen LogP contribution in [0.2, 0.25) is 0 Å². The molecule has 1 aromatic rings. The Morgan fingerprint density at radius 1 is 1.53 bits per heavy atom. The molecule has 0 radical (unpaired) electrons. The highest BCUT2D eigenvalue weighted by Gasteiger charge is 2.22. The normalized spacial score (nSPS) is 15.6. The van der Waals surface area contributed by atoms with Crippen LogP contribution in [0.3, 0.4) is 0 Å². The van der Waals surface area contributed by atoms with Gasteiger partial charge in [-0.05, 0) is 38.2 Å². The topological polar surface area (TPSA) is 38.0 Å². The molecule has 0 saturated carbocycles. The van der Waals surface area contributed by atoms with E-state index in [9.17, 15) is 5.11 Å². The fourth-order valence-corrected chi connectivity index (χ4v) is 1.49. The van der Waals surface area contributed by atoms with Gasteiger partial charge in [0.05, 0.1) is 5.69 Å². The van der Waals surface area contributed by atoms with Crippen LogP contribution in [0.5, 0.6) is 0 Å². The third-order valence-corrected chi connectivity index (χ3v) is 3.04. The van der Waals surface area contributed by atoms with Gasteiger partial charge in [0.25, 0.3) is 0 Å². The predicted octanol–water partition coefficient (Wildman–Crippen LogP) is 2.42. The number of aliphatic hydroxyl groups is 1. The molecule has 1 heterocycles. The first-order chi connectivity index (χ1) is 7.00. The van der Waals surface area contributed by atoms with Gasteiger partial charge >= 0.3 is 0 Å². The zero-order chi connectivity index (χ0) is 11.5. The van der Waals surface area contributed by atoms with Crippen LogP contribution in [0.15, 0.2) is 12.3 Å². The third kappa shape index (κ3) is 3.06. The molecule has 0 bridgehead atoms. The van der Waals surface area contributed by atoms with Crippen LogP contribution in [-0.2, 0) is 6.42 Å². The van der Waals surface area contributed by atoms with E-state index in [1.54, 1.807) is 0 Å². The molecule has 0 aliphatic carbocycles. The molecule has 0 aliphatic heterocycles. The number of hydrogen-bond donors (Lipinski definition) is 1. The van der Waals surface area contributed by atoms with Gasteiger partial charge in [0.2, 0.25) is 0 Å². The molecule has 1 N–H and O–H groups in total. The Hall–Kier alpha value is -0.830. The highest BCUT2D eigenvalue weighted by Crippen LogP contribution is 2.25. The molecule has 3 nitrogen and oxygen atoms in total. The van der Waals surface area contributed by atoms with E-state index in [4.69, 9.17) is 0 Å². The Kier molecular flexibility index (Phi) is 3.91. The Morgan fingerprint density at radius 2 is 2.20 bits per heavy atom. The number of rotatable bonds is 5. The van der Waals surface area contributed by atoms with Crippen molar-refractivity contribution < 1.29 is 5.11 Å². The SMILES string of the molecule is CCC(C)(CO)Cc1ccn(C(C)C)n1. The first-order valence-corrected chi connectivity index (χ1v) is 5.65. The lowest BCUT2D eigenvalue weighted by Crippen LogP contribution is -2.23. The fraction of sp³-hybridized carbons (Fsp3) is 0.750. The number of hydrogen-bond acceptors (Lipinski definition) is 2. The number of nitrogens with zero attached hydrogens (tertiary/aromatic N) is 2. The molecule has 1 rings (SSSR count). The second-order valence-electron chi connectivity index (χ2n) is 4.88. The predicted molar refractivity (Wildman–Crippen MR) is 61.8 cm³/mol. The summed E-state index contributed by atoms with van der Waals surface area (Å²) in [6.45, 7) is 8.65. The van der Waals surface area contributed by atoms with Crippen LogP contribution in [0.1, 0.15) is 45.9 Å². The summed E-state index contributed by atoms with van der Waals surface area (Å²) in [4.78, 5) is 0. The maximum atomic E-state index is 9.33. The van der Waals surface area contributed by atoms with E-state index < -0.39 is 0 Å². The first kappa shape index (κ1) is 12.2. The smallest absolute Gasteiger partial charge is 0.0631 e. The third-order valence-electron chi connectivity index (χ3n) is 3.04. The molecule has 0 saturated heterocycles. The van der Waals surface area contributed by atoms with Crippen molar-refractivity contribution in [3.63, 3.8) is 0 Å². The summed E-state index contributed by atoms with van der Waals surface area (Å²) in [5.41, 5.74) is 1.04.